The van der Waals surface area contributed by atoms with Gasteiger partial charge in [-0.3, -0.25) is 9.36 Å². The lowest BCUT2D eigenvalue weighted by Crippen LogP contribution is -2.14. The summed E-state index contributed by atoms with van der Waals surface area (Å²) in [5, 5.41) is 23.1. The Morgan fingerprint density at radius 2 is 2.31 bits per heavy atom. The Kier molecular flexibility index (Phi) is 6.13. The summed E-state index contributed by atoms with van der Waals surface area (Å²) >= 11 is 5.91. The van der Waals surface area contributed by atoms with Gasteiger partial charge in [0, 0.05) is 6.54 Å². The van der Waals surface area contributed by atoms with Crippen LogP contribution in [0.2, 0.25) is 0 Å². The number of carbonyl (C=O) groups is 1. The van der Waals surface area contributed by atoms with Crippen LogP contribution in [0.5, 0.6) is 0 Å². The molecule has 0 bridgehead atoms. The summed E-state index contributed by atoms with van der Waals surface area (Å²) in [5.74, 6) is 1.23. The molecule has 0 saturated heterocycles. The molecule has 7 nitrogen and oxygen atoms in total. The highest BCUT2D eigenvalue weighted by Crippen LogP contribution is 2.28. The molecule has 0 aliphatic heterocycles. The van der Waals surface area contributed by atoms with E-state index in [4.69, 9.17) is 9.68 Å². The maximum absolute atomic E-state index is 12.2. The number of halogens is 1. The van der Waals surface area contributed by atoms with E-state index in [0.717, 1.165) is 6.42 Å². The molecule has 3 rings (SSSR count). The zero-order chi connectivity index (χ0) is 18.5. The number of furan rings is 1. The molecule has 0 spiro atoms. The molecular weight excluding hydrogens is 438 g/mol. The number of nitrogens with zero attached hydrogens (tertiary/aromatic N) is 4. The van der Waals surface area contributed by atoms with Crippen molar-refractivity contribution >= 4 is 49.9 Å². The second-order valence-corrected chi connectivity index (χ2v) is 7.81. The summed E-state index contributed by atoms with van der Waals surface area (Å²) in [7, 11) is 0. The SMILES string of the molecule is CCCn1c(SCC(=O)Nc2sccc2C#N)nnc1-c1ccc(Br)o1. The van der Waals surface area contributed by atoms with Crippen LogP contribution in [0.1, 0.15) is 18.9 Å². The van der Waals surface area contributed by atoms with Gasteiger partial charge in [-0.25, -0.2) is 0 Å². The quantitative estimate of drug-likeness (QED) is 0.535. The molecule has 0 radical (unpaired) electrons. The first-order chi connectivity index (χ1) is 12.6. The number of thioether (sulfide) groups is 1. The molecule has 1 N–H and O–H groups in total. The Labute approximate surface area is 166 Å². The number of rotatable bonds is 7. The summed E-state index contributed by atoms with van der Waals surface area (Å²) in [5.41, 5.74) is 0.466. The van der Waals surface area contributed by atoms with Crippen LogP contribution in [0.25, 0.3) is 11.6 Å². The van der Waals surface area contributed by atoms with Gasteiger partial charge in [-0.15, -0.1) is 21.5 Å². The topological polar surface area (TPSA) is 96.7 Å². The van der Waals surface area contributed by atoms with Crippen molar-refractivity contribution in [1.29, 1.82) is 5.26 Å². The lowest BCUT2D eigenvalue weighted by Gasteiger charge is -2.07. The smallest absolute Gasteiger partial charge is 0.235 e. The van der Waals surface area contributed by atoms with E-state index >= 15 is 0 Å². The fourth-order valence-corrected chi connectivity index (χ4v) is 4.05. The average Bonchev–Trinajstić information content (AvgIpc) is 3.33. The van der Waals surface area contributed by atoms with Gasteiger partial charge in [0.1, 0.15) is 11.1 Å². The zero-order valence-electron chi connectivity index (χ0n) is 13.7. The molecule has 0 saturated carbocycles. The van der Waals surface area contributed by atoms with Gasteiger partial charge in [-0.05, 0) is 45.9 Å². The summed E-state index contributed by atoms with van der Waals surface area (Å²) in [6.07, 6.45) is 0.896. The summed E-state index contributed by atoms with van der Waals surface area (Å²) in [6.45, 7) is 2.78. The largest absolute Gasteiger partial charge is 0.446 e. The van der Waals surface area contributed by atoms with Crippen LogP contribution in [-0.2, 0) is 11.3 Å². The van der Waals surface area contributed by atoms with Gasteiger partial charge in [0.2, 0.25) is 11.7 Å². The average molecular weight is 452 g/mol. The number of hydrogen-bond donors (Lipinski definition) is 1. The number of nitrogens with one attached hydrogen (secondary N) is 1. The molecule has 26 heavy (non-hydrogen) atoms. The fraction of sp³-hybridized carbons (Fsp3) is 0.250. The molecule has 0 fully saturated rings. The molecule has 3 aromatic rings. The number of aromatic nitrogens is 3. The van der Waals surface area contributed by atoms with Gasteiger partial charge in [-0.1, -0.05) is 18.7 Å². The number of anilines is 1. The lowest BCUT2D eigenvalue weighted by molar-refractivity contribution is -0.113. The Hall–Kier alpha value is -2.09. The van der Waals surface area contributed by atoms with Gasteiger partial charge >= 0.3 is 0 Å². The first-order valence-electron chi connectivity index (χ1n) is 7.71. The molecule has 0 unspecified atom stereocenters. The van der Waals surface area contributed by atoms with E-state index in [-0.39, 0.29) is 11.7 Å². The predicted octanol–water partition coefficient (Wildman–Crippen LogP) is 4.37. The first-order valence-corrected chi connectivity index (χ1v) is 10.4. The van der Waals surface area contributed by atoms with Crippen molar-refractivity contribution in [2.24, 2.45) is 0 Å². The number of hydrogen-bond acceptors (Lipinski definition) is 7. The van der Waals surface area contributed by atoms with Gasteiger partial charge in [0.25, 0.3) is 0 Å². The van der Waals surface area contributed by atoms with Crippen LogP contribution >= 0.6 is 39.0 Å². The van der Waals surface area contributed by atoms with Crippen molar-refractivity contribution in [2.75, 3.05) is 11.1 Å². The Morgan fingerprint density at radius 1 is 1.46 bits per heavy atom. The van der Waals surface area contributed by atoms with Crippen LogP contribution in [0.15, 0.2) is 37.8 Å². The van der Waals surface area contributed by atoms with E-state index in [1.807, 2.05) is 10.6 Å². The standard InChI is InChI=1S/C16H14BrN5O2S2/c1-2-6-22-14(11-3-4-12(17)24-11)20-21-16(22)26-9-13(23)19-15-10(8-18)5-7-25-15/h3-5,7H,2,6,9H2,1H3,(H,19,23). The van der Waals surface area contributed by atoms with Crippen LogP contribution in [-0.4, -0.2) is 26.4 Å². The van der Waals surface area contributed by atoms with E-state index in [9.17, 15) is 4.79 Å². The highest BCUT2D eigenvalue weighted by atomic mass is 79.9. The van der Waals surface area contributed by atoms with Gasteiger partial charge < -0.3 is 9.73 Å². The molecular formula is C16H14BrN5O2S2. The second kappa shape index (κ2) is 8.53. The maximum Gasteiger partial charge on any atom is 0.235 e. The van der Waals surface area contributed by atoms with Crippen LogP contribution in [0.3, 0.4) is 0 Å². The van der Waals surface area contributed by atoms with Gasteiger partial charge in [0.05, 0.1) is 11.3 Å². The molecule has 0 aliphatic carbocycles. The third-order valence-electron chi connectivity index (χ3n) is 3.33. The number of carbonyl (C=O) groups excluding carboxylic acids is 1. The molecule has 0 aromatic carbocycles. The highest BCUT2D eigenvalue weighted by molar-refractivity contribution is 9.10. The number of thiophene rings is 1. The third-order valence-corrected chi connectivity index (χ3v) is 5.55. The maximum atomic E-state index is 12.2. The van der Waals surface area contributed by atoms with E-state index in [0.29, 0.717) is 38.5 Å². The molecule has 0 atom stereocenters. The van der Waals surface area contributed by atoms with E-state index in [2.05, 4.69) is 44.4 Å². The van der Waals surface area contributed by atoms with Crippen molar-refractivity contribution in [2.45, 2.75) is 25.0 Å². The van der Waals surface area contributed by atoms with Crippen molar-refractivity contribution in [3.63, 3.8) is 0 Å². The summed E-state index contributed by atoms with van der Waals surface area (Å²) in [6, 6.07) is 7.35. The monoisotopic (exact) mass is 451 g/mol. The van der Waals surface area contributed by atoms with Gasteiger partial charge in [0.15, 0.2) is 15.6 Å². The van der Waals surface area contributed by atoms with Crippen molar-refractivity contribution in [3.05, 3.63) is 33.8 Å². The number of nitriles is 1. The van der Waals surface area contributed by atoms with Crippen molar-refractivity contribution < 1.29 is 9.21 Å². The predicted molar refractivity (Wildman–Crippen MR) is 104 cm³/mol. The zero-order valence-corrected chi connectivity index (χ0v) is 16.9. The minimum atomic E-state index is -0.192. The van der Waals surface area contributed by atoms with Gasteiger partial charge in [-0.2, -0.15) is 5.26 Å². The number of amides is 1. The minimum absolute atomic E-state index is 0.173. The van der Waals surface area contributed by atoms with E-state index < -0.39 is 0 Å². The highest BCUT2D eigenvalue weighted by Gasteiger charge is 2.18. The molecule has 1 amide bonds. The second-order valence-electron chi connectivity index (χ2n) is 5.17. The third kappa shape index (κ3) is 4.17. The van der Waals surface area contributed by atoms with Crippen molar-refractivity contribution in [3.8, 4) is 17.7 Å². The van der Waals surface area contributed by atoms with Crippen LogP contribution < -0.4 is 5.32 Å². The molecule has 3 aromatic heterocycles. The molecule has 3 heterocycles. The minimum Gasteiger partial charge on any atom is -0.446 e. The van der Waals surface area contributed by atoms with Crippen LogP contribution in [0, 0.1) is 11.3 Å². The molecule has 10 heteroatoms. The Bertz CT molecular complexity index is 956. The van der Waals surface area contributed by atoms with Crippen molar-refractivity contribution in [1.82, 2.24) is 14.8 Å². The summed E-state index contributed by atoms with van der Waals surface area (Å²) < 4.78 is 8.13. The van der Waals surface area contributed by atoms with E-state index in [1.54, 1.807) is 17.5 Å². The molecule has 0 aliphatic rings. The van der Waals surface area contributed by atoms with E-state index in [1.165, 1.54) is 23.1 Å². The molecule has 134 valence electrons. The lowest BCUT2D eigenvalue weighted by atomic mass is 10.3. The van der Waals surface area contributed by atoms with Crippen LogP contribution in [0.4, 0.5) is 5.00 Å². The normalized spacial score (nSPS) is 10.7. The summed E-state index contributed by atoms with van der Waals surface area (Å²) in [4.78, 5) is 12.2. The Morgan fingerprint density at radius 3 is 3.00 bits per heavy atom. The first kappa shape index (κ1) is 18.7. The Balaban J connectivity index is 1.70. The fourth-order valence-electron chi connectivity index (χ4n) is 2.22.